The lowest BCUT2D eigenvalue weighted by Crippen LogP contribution is -2.40. The van der Waals surface area contributed by atoms with Gasteiger partial charge in [-0.05, 0) is 24.1 Å². The first-order valence-electron chi connectivity index (χ1n) is 4.11. The summed E-state index contributed by atoms with van der Waals surface area (Å²) in [6.45, 7) is 0. The molecule has 0 spiro atoms. The number of nitrogens with one attached hydrogen (secondary N) is 1. The van der Waals surface area contributed by atoms with E-state index in [1.54, 1.807) is 12.1 Å². The third-order valence-corrected chi connectivity index (χ3v) is 1.84. The van der Waals surface area contributed by atoms with Gasteiger partial charge in [0.15, 0.2) is 0 Å². The Labute approximate surface area is 81.1 Å². The number of benzene rings is 1. The highest BCUT2D eigenvalue weighted by Gasteiger charge is 2.12. The molecule has 0 bridgehead atoms. The van der Waals surface area contributed by atoms with E-state index in [2.05, 4.69) is 0 Å². The zero-order chi connectivity index (χ0) is 10.6. The molecule has 0 aromatic heterocycles. The Bertz CT molecular complexity index is 310. The van der Waals surface area contributed by atoms with Crippen LogP contribution in [0.2, 0.25) is 0 Å². The fourth-order valence-electron chi connectivity index (χ4n) is 1.06. The molecule has 0 saturated carbocycles. The Balaban J connectivity index is 2.60. The average Bonchev–Trinajstić information content (AvgIpc) is 2.20. The van der Waals surface area contributed by atoms with E-state index < -0.39 is 11.9 Å². The van der Waals surface area contributed by atoms with Crippen LogP contribution in [0.5, 0.6) is 5.75 Å². The van der Waals surface area contributed by atoms with Gasteiger partial charge in [0.2, 0.25) is 0 Å². The molecule has 0 radical (unpaired) electrons. The maximum atomic E-state index is 10.8. The fraction of sp³-hybridized carbons (Fsp3) is 0.222. The van der Waals surface area contributed by atoms with Crippen molar-refractivity contribution in [2.24, 2.45) is 5.73 Å². The van der Waals surface area contributed by atoms with Crippen LogP contribution in [-0.2, 0) is 11.2 Å². The molecule has 1 atom stereocenters. The van der Waals surface area contributed by atoms with Crippen LogP contribution in [0.25, 0.3) is 0 Å². The molecule has 76 valence electrons. The molecule has 0 saturated heterocycles. The van der Waals surface area contributed by atoms with E-state index in [1.807, 2.05) is 0 Å². The average molecular weight is 196 g/mol. The van der Waals surface area contributed by atoms with Gasteiger partial charge in [0.1, 0.15) is 5.75 Å². The quantitative estimate of drug-likeness (QED) is 0.396. The molecule has 1 aromatic carbocycles. The van der Waals surface area contributed by atoms with Gasteiger partial charge in [-0.2, -0.15) is 0 Å². The van der Waals surface area contributed by atoms with Crippen LogP contribution in [0.1, 0.15) is 5.56 Å². The van der Waals surface area contributed by atoms with E-state index in [1.165, 1.54) is 17.6 Å². The largest absolute Gasteiger partial charge is 0.508 e. The number of phenols is 1. The normalized spacial score (nSPS) is 12.1. The first-order valence-corrected chi connectivity index (χ1v) is 4.11. The molecule has 1 aromatic rings. The first kappa shape index (κ1) is 10.5. The Morgan fingerprint density at radius 2 is 2.00 bits per heavy atom. The first-order chi connectivity index (χ1) is 6.63. The van der Waals surface area contributed by atoms with Crippen molar-refractivity contribution in [3.63, 3.8) is 0 Å². The smallest absolute Gasteiger partial charge is 0.260 e. The minimum absolute atomic E-state index is 0.161. The zero-order valence-electron chi connectivity index (χ0n) is 7.47. The number of aromatic hydroxyl groups is 1. The molecular formula is C9H12N2O3. The molecule has 5 N–H and O–H groups in total. The van der Waals surface area contributed by atoms with Crippen molar-refractivity contribution >= 4 is 5.91 Å². The molecule has 0 fully saturated rings. The predicted octanol–water partition coefficient (Wildman–Crippen LogP) is -0.233. The molecule has 1 rings (SSSR count). The van der Waals surface area contributed by atoms with E-state index in [9.17, 15) is 4.79 Å². The summed E-state index contributed by atoms with van der Waals surface area (Å²) in [6, 6.07) is 5.57. The monoisotopic (exact) mass is 196 g/mol. The molecule has 0 heterocycles. The Hall–Kier alpha value is -1.59. The fourth-order valence-corrected chi connectivity index (χ4v) is 1.06. The minimum atomic E-state index is -0.787. The van der Waals surface area contributed by atoms with E-state index >= 15 is 0 Å². The molecule has 5 nitrogen and oxygen atoms in total. The minimum Gasteiger partial charge on any atom is -0.508 e. The molecule has 0 aliphatic carbocycles. The van der Waals surface area contributed by atoms with Crippen LogP contribution in [-0.4, -0.2) is 22.3 Å². The molecule has 5 heteroatoms. The van der Waals surface area contributed by atoms with Crippen molar-refractivity contribution in [3.8, 4) is 5.75 Å². The van der Waals surface area contributed by atoms with E-state index in [0.717, 1.165) is 5.56 Å². The number of hydroxylamine groups is 1. The van der Waals surface area contributed by atoms with Crippen LogP contribution < -0.4 is 11.2 Å². The number of amides is 1. The SMILES string of the molecule is NC(Cc1ccc(O)cc1)C(=O)NO. The maximum Gasteiger partial charge on any atom is 0.260 e. The number of carbonyl (C=O) groups is 1. The second-order valence-electron chi connectivity index (χ2n) is 2.95. The topological polar surface area (TPSA) is 95.6 Å². The number of rotatable bonds is 3. The Kier molecular flexibility index (Phi) is 3.44. The van der Waals surface area contributed by atoms with Gasteiger partial charge in [0.25, 0.3) is 5.91 Å². The predicted molar refractivity (Wildman–Crippen MR) is 49.7 cm³/mol. The summed E-state index contributed by atoms with van der Waals surface area (Å²) in [7, 11) is 0. The number of hydrogen-bond donors (Lipinski definition) is 4. The second-order valence-corrected chi connectivity index (χ2v) is 2.95. The van der Waals surface area contributed by atoms with Gasteiger partial charge in [0.05, 0.1) is 6.04 Å². The van der Waals surface area contributed by atoms with Crippen molar-refractivity contribution in [1.29, 1.82) is 0 Å². The summed E-state index contributed by atoms with van der Waals surface area (Å²) in [5.74, 6) is -0.466. The van der Waals surface area contributed by atoms with E-state index in [4.69, 9.17) is 16.0 Å². The Morgan fingerprint density at radius 1 is 1.43 bits per heavy atom. The summed E-state index contributed by atoms with van der Waals surface area (Å²) in [4.78, 5) is 10.8. The van der Waals surface area contributed by atoms with E-state index in [-0.39, 0.29) is 5.75 Å². The highest BCUT2D eigenvalue weighted by molar-refractivity contribution is 5.80. The summed E-state index contributed by atoms with van der Waals surface area (Å²) < 4.78 is 0. The van der Waals surface area contributed by atoms with Crippen molar-refractivity contribution in [1.82, 2.24) is 5.48 Å². The number of hydrogen-bond acceptors (Lipinski definition) is 4. The third kappa shape index (κ3) is 2.72. The highest BCUT2D eigenvalue weighted by Crippen LogP contribution is 2.10. The van der Waals surface area contributed by atoms with Crippen molar-refractivity contribution in [2.75, 3.05) is 0 Å². The lowest BCUT2D eigenvalue weighted by atomic mass is 10.1. The van der Waals surface area contributed by atoms with Gasteiger partial charge in [-0.25, -0.2) is 5.48 Å². The van der Waals surface area contributed by atoms with Crippen LogP contribution >= 0.6 is 0 Å². The van der Waals surface area contributed by atoms with Crippen LogP contribution in [0, 0.1) is 0 Å². The summed E-state index contributed by atoms with van der Waals surface area (Å²) >= 11 is 0. The Morgan fingerprint density at radius 3 is 2.50 bits per heavy atom. The standard InChI is InChI=1S/C9H12N2O3/c10-8(9(13)11-14)5-6-1-3-7(12)4-2-6/h1-4,8,12,14H,5,10H2,(H,11,13). The van der Waals surface area contributed by atoms with Gasteiger partial charge < -0.3 is 10.8 Å². The lowest BCUT2D eigenvalue weighted by Gasteiger charge is -2.08. The summed E-state index contributed by atoms with van der Waals surface area (Å²) in [5.41, 5.74) is 7.76. The zero-order valence-corrected chi connectivity index (χ0v) is 7.47. The molecular weight excluding hydrogens is 184 g/mol. The molecule has 1 unspecified atom stereocenters. The van der Waals surface area contributed by atoms with Gasteiger partial charge in [0, 0.05) is 0 Å². The van der Waals surface area contributed by atoms with Crippen molar-refractivity contribution in [2.45, 2.75) is 12.5 Å². The van der Waals surface area contributed by atoms with Gasteiger partial charge >= 0.3 is 0 Å². The second kappa shape index (κ2) is 4.59. The van der Waals surface area contributed by atoms with Gasteiger partial charge in [-0.15, -0.1) is 0 Å². The number of nitrogens with two attached hydrogens (primary N) is 1. The van der Waals surface area contributed by atoms with Crippen molar-refractivity contribution < 1.29 is 15.1 Å². The molecule has 1 amide bonds. The van der Waals surface area contributed by atoms with Gasteiger partial charge in [-0.3, -0.25) is 10.0 Å². The van der Waals surface area contributed by atoms with Crippen molar-refractivity contribution in [3.05, 3.63) is 29.8 Å². The van der Waals surface area contributed by atoms with Crippen LogP contribution in [0.3, 0.4) is 0 Å². The maximum absolute atomic E-state index is 10.8. The number of carbonyl (C=O) groups excluding carboxylic acids is 1. The number of phenolic OH excluding ortho intramolecular Hbond substituents is 1. The third-order valence-electron chi connectivity index (χ3n) is 1.84. The highest BCUT2D eigenvalue weighted by atomic mass is 16.5. The van der Waals surface area contributed by atoms with Crippen LogP contribution in [0.4, 0.5) is 0 Å². The summed E-state index contributed by atoms with van der Waals surface area (Å²) in [6.07, 6.45) is 0.312. The van der Waals surface area contributed by atoms with E-state index in [0.29, 0.717) is 6.42 Å². The molecule has 0 aliphatic heterocycles. The lowest BCUT2D eigenvalue weighted by molar-refractivity contribution is -0.130. The molecule has 14 heavy (non-hydrogen) atoms. The van der Waals surface area contributed by atoms with Crippen LogP contribution in [0.15, 0.2) is 24.3 Å². The summed E-state index contributed by atoms with van der Waals surface area (Å²) in [5, 5.41) is 17.3. The molecule has 0 aliphatic rings. The van der Waals surface area contributed by atoms with Gasteiger partial charge in [-0.1, -0.05) is 12.1 Å².